The molecule has 2 saturated carbocycles. The molecule has 0 aromatic carbocycles. The van der Waals surface area contributed by atoms with Crippen LogP contribution in [0.15, 0.2) is 0 Å². The fourth-order valence-electron chi connectivity index (χ4n) is 3.49. The maximum atomic E-state index is 12.8. The van der Waals surface area contributed by atoms with Crippen molar-refractivity contribution in [2.45, 2.75) is 51.4 Å². The Balaban J connectivity index is 0.00000196. The molecule has 1 aromatic rings. The maximum absolute atomic E-state index is 12.8. The summed E-state index contributed by atoms with van der Waals surface area (Å²) in [5, 5.41) is 15.8. The predicted octanol–water partition coefficient (Wildman–Crippen LogP) is 3.50. The van der Waals surface area contributed by atoms with Crippen molar-refractivity contribution in [3.8, 4) is 6.07 Å². The molecule has 1 unspecified atom stereocenters. The van der Waals surface area contributed by atoms with E-state index in [1.54, 1.807) is 11.3 Å². The number of nitrogens with one attached hydrogen (secondary N) is 2. The number of carbonyl (C=O) groups excluding carboxylic acids is 2. The number of nitrogens with zero attached hydrogens (tertiary/aromatic N) is 1. The van der Waals surface area contributed by atoms with Gasteiger partial charge in [0, 0.05) is 25.2 Å². The third-order valence-corrected chi connectivity index (χ3v) is 6.61. The van der Waals surface area contributed by atoms with Crippen LogP contribution >= 0.6 is 11.3 Å². The van der Waals surface area contributed by atoms with Crippen LogP contribution in [-0.4, -0.2) is 18.4 Å². The Labute approximate surface area is 153 Å². The van der Waals surface area contributed by atoms with Gasteiger partial charge in [0.05, 0.1) is 11.6 Å². The number of aryl methyl sites for hydroxylation is 1. The highest BCUT2D eigenvalue weighted by atomic mass is 32.1. The molecule has 0 radical (unpaired) electrons. The van der Waals surface area contributed by atoms with Gasteiger partial charge in [-0.3, -0.25) is 9.59 Å². The van der Waals surface area contributed by atoms with Crippen LogP contribution in [0.3, 0.4) is 0 Å². The minimum absolute atomic E-state index is 0. The minimum atomic E-state index is -0.0619. The molecular formula is C19H25N3O2S. The molecular weight excluding hydrogens is 334 g/mol. The number of rotatable bonds is 6. The monoisotopic (exact) mass is 359 g/mol. The van der Waals surface area contributed by atoms with E-state index in [1.165, 1.54) is 17.7 Å². The Kier molecular flexibility index (Phi) is 4.51. The molecule has 0 aliphatic heterocycles. The van der Waals surface area contributed by atoms with Crippen molar-refractivity contribution in [1.82, 2.24) is 5.32 Å². The highest BCUT2D eigenvalue weighted by Gasteiger charge is 2.34. The SMILES string of the molecule is N#CCC1CCc2sc(NC(=O)C3CC3)c(C(=O)NCC3CC3)c2C1.[HH]. The van der Waals surface area contributed by atoms with Crippen LogP contribution in [0, 0.1) is 29.1 Å². The number of amides is 2. The zero-order valence-electron chi connectivity index (χ0n) is 14.3. The average Bonchev–Trinajstić information content (AvgIpc) is 3.49. The standard InChI is InChI=1S/C19H23N3O2S.H2/c20-8-7-11-3-6-15-14(9-11)16(18(24)21-10-12-1-2-12)19(25-15)22-17(23)13-4-5-13;/h11-13H,1-7,9-10H2,(H,21,24)(H,22,23);1H. The van der Waals surface area contributed by atoms with Gasteiger partial charge >= 0.3 is 0 Å². The van der Waals surface area contributed by atoms with Crippen molar-refractivity contribution < 1.29 is 11.0 Å². The van der Waals surface area contributed by atoms with Gasteiger partial charge in [-0.1, -0.05) is 0 Å². The lowest BCUT2D eigenvalue weighted by molar-refractivity contribution is -0.117. The van der Waals surface area contributed by atoms with E-state index in [0.29, 0.717) is 28.8 Å². The first-order valence-electron chi connectivity index (χ1n) is 9.26. The molecule has 6 heteroatoms. The highest BCUT2D eigenvalue weighted by molar-refractivity contribution is 7.17. The van der Waals surface area contributed by atoms with Gasteiger partial charge in [0.1, 0.15) is 5.00 Å². The minimum Gasteiger partial charge on any atom is -0.352 e. The molecule has 25 heavy (non-hydrogen) atoms. The second-order valence-corrected chi connectivity index (χ2v) is 8.70. The van der Waals surface area contributed by atoms with Gasteiger partial charge in [0.25, 0.3) is 5.91 Å². The molecule has 0 saturated heterocycles. The van der Waals surface area contributed by atoms with Crippen LogP contribution in [-0.2, 0) is 17.6 Å². The fourth-order valence-corrected chi connectivity index (χ4v) is 4.74. The molecule has 1 aromatic heterocycles. The number of anilines is 1. The molecule has 5 nitrogen and oxygen atoms in total. The van der Waals surface area contributed by atoms with Gasteiger partial charge in [-0.25, -0.2) is 0 Å². The van der Waals surface area contributed by atoms with Crippen molar-refractivity contribution in [2.24, 2.45) is 17.8 Å². The Bertz CT molecular complexity index is 747. The molecule has 2 N–H and O–H groups in total. The van der Waals surface area contributed by atoms with Crippen molar-refractivity contribution in [3.63, 3.8) is 0 Å². The lowest BCUT2D eigenvalue weighted by Gasteiger charge is -2.20. The quantitative estimate of drug-likeness (QED) is 0.815. The second-order valence-electron chi connectivity index (χ2n) is 7.60. The second kappa shape index (κ2) is 6.80. The Morgan fingerprint density at radius 2 is 2.00 bits per heavy atom. The smallest absolute Gasteiger partial charge is 0.254 e. The van der Waals surface area contributed by atoms with Crippen LogP contribution in [0.4, 0.5) is 5.00 Å². The summed E-state index contributed by atoms with van der Waals surface area (Å²) in [6.07, 6.45) is 7.46. The van der Waals surface area contributed by atoms with E-state index in [9.17, 15) is 9.59 Å². The summed E-state index contributed by atoms with van der Waals surface area (Å²) < 4.78 is 0. The van der Waals surface area contributed by atoms with Crippen molar-refractivity contribution in [2.75, 3.05) is 11.9 Å². The predicted molar refractivity (Wildman–Crippen MR) is 98.6 cm³/mol. The van der Waals surface area contributed by atoms with E-state index < -0.39 is 0 Å². The summed E-state index contributed by atoms with van der Waals surface area (Å²) in [5.41, 5.74) is 1.73. The summed E-state index contributed by atoms with van der Waals surface area (Å²) in [4.78, 5) is 26.3. The number of nitriles is 1. The van der Waals surface area contributed by atoms with E-state index in [4.69, 9.17) is 5.26 Å². The van der Waals surface area contributed by atoms with Crippen LogP contribution in [0.25, 0.3) is 0 Å². The van der Waals surface area contributed by atoms with Crippen LogP contribution in [0.2, 0.25) is 0 Å². The zero-order valence-corrected chi connectivity index (χ0v) is 15.1. The van der Waals surface area contributed by atoms with Gasteiger partial charge in [0.2, 0.25) is 5.91 Å². The van der Waals surface area contributed by atoms with Crippen molar-refractivity contribution in [3.05, 3.63) is 16.0 Å². The summed E-state index contributed by atoms with van der Waals surface area (Å²) in [6, 6.07) is 2.26. The third-order valence-electron chi connectivity index (χ3n) is 5.40. The van der Waals surface area contributed by atoms with E-state index in [2.05, 4.69) is 16.7 Å². The van der Waals surface area contributed by atoms with Crippen molar-refractivity contribution in [1.29, 1.82) is 5.26 Å². The summed E-state index contributed by atoms with van der Waals surface area (Å²) in [7, 11) is 0. The summed E-state index contributed by atoms with van der Waals surface area (Å²) >= 11 is 1.56. The molecule has 1 heterocycles. The molecule has 134 valence electrons. The Morgan fingerprint density at radius 3 is 2.68 bits per heavy atom. The first kappa shape index (κ1) is 16.6. The number of carbonyl (C=O) groups is 2. The van der Waals surface area contributed by atoms with Gasteiger partial charge in [-0.2, -0.15) is 5.26 Å². The Hall–Kier alpha value is -1.87. The first-order valence-corrected chi connectivity index (χ1v) is 10.1. The van der Waals surface area contributed by atoms with Crippen LogP contribution in [0.1, 0.15) is 60.8 Å². The lowest BCUT2D eigenvalue weighted by Crippen LogP contribution is -2.28. The molecule has 0 spiro atoms. The first-order chi connectivity index (χ1) is 12.2. The van der Waals surface area contributed by atoms with Gasteiger partial charge in [0.15, 0.2) is 0 Å². The largest absolute Gasteiger partial charge is 0.352 e. The normalized spacial score (nSPS) is 22.0. The number of hydrogen-bond acceptors (Lipinski definition) is 4. The van der Waals surface area contributed by atoms with Crippen LogP contribution < -0.4 is 10.6 Å². The van der Waals surface area contributed by atoms with E-state index in [1.807, 2.05) is 0 Å². The summed E-state index contributed by atoms with van der Waals surface area (Å²) in [5.74, 6) is 1.03. The fraction of sp³-hybridized carbons (Fsp3) is 0.632. The molecule has 3 aliphatic rings. The zero-order chi connectivity index (χ0) is 17.4. The number of thiophene rings is 1. The molecule has 0 bridgehead atoms. The third kappa shape index (κ3) is 3.72. The van der Waals surface area contributed by atoms with Crippen LogP contribution in [0.5, 0.6) is 0 Å². The van der Waals surface area contributed by atoms with Crippen molar-refractivity contribution >= 4 is 28.2 Å². The number of fused-ring (bicyclic) bond motifs is 1. The average molecular weight is 359 g/mol. The molecule has 1 atom stereocenters. The topological polar surface area (TPSA) is 82.0 Å². The Morgan fingerprint density at radius 1 is 1.20 bits per heavy atom. The maximum Gasteiger partial charge on any atom is 0.254 e. The summed E-state index contributed by atoms with van der Waals surface area (Å²) in [6.45, 7) is 0.723. The van der Waals surface area contributed by atoms with Gasteiger partial charge in [-0.15, -0.1) is 11.3 Å². The molecule has 2 amide bonds. The molecule has 4 rings (SSSR count). The van der Waals surface area contributed by atoms with E-state index in [0.717, 1.165) is 44.2 Å². The highest BCUT2D eigenvalue weighted by Crippen LogP contribution is 2.41. The molecule has 3 aliphatic carbocycles. The lowest BCUT2D eigenvalue weighted by atomic mass is 9.84. The molecule has 2 fully saturated rings. The van der Waals surface area contributed by atoms with E-state index in [-0.39, 0.29) is 19.2 Å². The van der Waals surface area contributed by atoms with E-state index >= 15 is 0 Å². The van der Waals surface area contributed by atoms with Gasteiger partial charge in [-0.05, 0) is 62.3 Å². The number of hydrogen-bond donors (Lipinski definition) is 2. The van der Waals surface area contributed by atoms with Gasteiger partial charge < -0.3 is 10.6 Å².